The molecule has 3 N–H and O–H groups in total. The van der Waals surface area contributed by atoms with Crippen LogP contribution in [0.25, 0.3) is 0 Å². The lowest BCUT2D eigenvalue weighted by molar-refractivity contribution is -0.122. The number of ketones is 1. The van der Waals surface area contributed by atoms with Crippen LogP contribution in [-0.4, -0.2) is 11.6 Å². The van der Waals surface area contributed by atoms with Crippen LogP contribution in [0.2, 0.25) is 0 Å². The molecule has 0 aliphatic carbocycles. The molecule has 0 unspecified atom stereocenters. The zero-order valence-electron chi connectivity index (χ0n) is 9.87. The van der Waals surface area contributed by atoms with Crippen LogP contribution in [0.5, 0.6) is 0 Å². The third-order valence-electron chi connectivity index (χ3n) is 2.47. The van der Waals surface area contributed by atoms with E-state index in [1.54, 1.807) is 0 Å². The van der Waals surface area contributed by atoms with Gasteiger partial charge in [-0.15, -0.1) is 5.11 Å². The summed E-state index contributed by atoms with van der Waals surface area (Å²) in [6.07, 6.45) is 1.08. The summed E-state index contributed by atoms with van der Waals surface area (Å²) in [5.74, 6) is 5.66. The number of rotatable bonds is 5. The van der Waals surface area contributed by atoms with Crippen molar-refractivity contribution in [3.63, 3.8) is 0 Å². The second-order valence-electron chi connectivity index (χ2n) is 4.57. The molecule has 0 amide bonds. The van der Waals surface area contributed by atoms with Gasteiger partial charge >= 0.3 is 0 Å². The Labute approximate surface area is 90.6 Å². The van der Waals surface area contributed by atoms with Gasteiger partial charge in [-0.25, -0.2) is 5.53 Å². The van der Waals surface area contributed by atoms with E-state index in [1.165, 1.54) is 0 Å². The molecule has 0 radical (unpaired) electrons. The highest BCUT2D eigenvalue weighted by Gasteiger charge is 2.26. The maximum Gasteiger partial charge on any atom is 0.175 e. The normalized spacial score (nSPS) is 13.0. The van der Waals surface area contributed by atoms with E-state index in [9.17, 15) is 4.79 Å². The summed E-state index contributed by atoms with van der Waals surface area (Å²) in [7, 11) is 0. The van der Waals surface area contributed by atoms with Crippen LogP contribution >= 0.6 is 0 Å². The van der Waals surface area contributed by atoms with E-state index < -0.39 is 5.41 Å². The number of nitrogens with one attached hydrogen (secondary N) is 1. The molecular formula is C10H20N4O. The molecule has 0 aromatic carbocycles. The Morgan fingerprint density at radius 2 is 2.00 bits per heavy atom. The predicted molar refractivity (Wildman–Crippen MR) is 59.6 cm³/mol. The Bertz CT molecular complexity index is 269. The van der Waals surface area contributed by atoms with E-state index in [0.717, 1.165) is 0 Å². The molecule has 0 aromatic rings. The highest BCUT2D eigenvalue weighted by atomic mass is 16.1. The summed E-state index contributed by atoms with van der Waals surface area (Å²) in [6.45, 7) is 7.51. The first kappa shape index (κ1) is 13.7. The first-order chi connectivity index (χ1) is 6.85. The van der Waals surface area contributed by atoms with Crippen molar-refractivity contribution in [2.75, 3.05) is 0 Å². The number of Topliss-reactive ketones (excluding diaryl/α,β-unsaturated/α-hetero) is 1. The number of carbonyl (C=O) groups is 1. The van der Waals surface area contributed by atoms with Crippen molar-refractivity contribution >= 4 is 11.6 Å². The molecule has 0 saturated heterocycles. The van der Waals surface area contributed by atoms with Gasteiger partial charge in [0.2, 0.25) is 0 Å². The minimum atomic E-state index is -0.416. The summed E-state index contributed by atoms with van der Waals surface area (Å²) >= 11 is 0. The molecule has 0 aliphatic rings. The monoisotopic (exact) mass is 212 g/mol. The zero-order valence-corrected chi connectivity index (χ0v) is 9.87. The first-order valence-electron chi connectivity index (χ1n) is 5.03. The molecule has 0 aromatic heterocycles. The fourth-order valence-electron chi connectivity index (χ4n) is 1.19. The van der Waals surface area contributed by atoms with Gasteiger partial charge in [0.15, 0.2) is 5.84 Å². The number of hydrogen-bond acceptors (Lipinski definition) is 4. The van der Waals surface area contributed by atoms with Crippen LogP contribution < -0.4 is 5.84 Å². The standard InChI is InChI=1S/C10H20N4O/c1-7(2)8(15)5-6-10(3,4)9(13-11)14-12/h7,11H,5-6,12H2,1-4H3/b13-11?,14-9-. The predicted octanol–water partition coefficient (Wildman–Crippen LogP) is 2.32. The molecule has 5 heteroatoms. The molecular weight excluding hydrogens is 192 g/mol. The Kier molecular flexibility index (Phi) is 5.11. The van der Waals surface area contributed by atoms with Crippen LogP contribution in [0.15, 0.2) is 10.2 Å². The van der Waals surface area contributed by atoms with E-state index in [4.69, 9.17) is 11.4 Å². The van der Waals surface area contributed by atoms with Crippen LogP contribution in [0.4, 0.5) is 0 Å². The SMILES string of the molecule is CC(C)C(=O)CCC(C)(C)/C(N=N)=N/N. The number of nitrogens with two attached hydrogens (primary N) is 1. The average Bonchev–Trinajstić information content (AvgIpc) is 2.15. The minimum absolute atomic E-state index is 0.0482. The van der Waals surface area contributed by atoms with Crippen molar-refractivity contribution in [1.29, 1.82) is 5.53 Å². The van der Waals surface area contributed by atoms with Crippen molar-refractivity contribution in [3.05, 3.63) is 0 Å². The highest BCUT2D eigenvalue weighted by Crippen LogP contribution is 2.25. The summed E-state index contributed by atoms with van der Waals surface area (Å²) in [5.41, 5.74) is 6.50. The van der Waals surface area contributed by atoms with E-state index in [-0.39, 0.29) is 17.5 Å². The summed E-state index contributed by atoms with van der Waals surface area (Å²) in [4.78, 5) is 11.4. The van der Waals surface area contributed by atoms with Crippen molar-refractivity contribution in [2.45, 2.75) is 40.5 Å². The van der Waals surface area contributed by atoms with Gasteiger partial charge in [-0.05, 0) is 6.42 Å². The molecule has 0 saturated carbocycles. The van der Waals surface area contributed by atoms with Crippen LogP contribution in [0.3, 0.4) is 0 Å². The van der Waals surface area contributed by atoms with Gasteiger partial charge in [-0.2, -0.15) is 5.10 Å². The van der Waals surface area contributed by atoms with Crippen molar-refractivity contribution in [1.82, 2.24) is 0 Å². The lowest BCUT2D eigenvalue weighted by Crippen LogP contribution is -2.25. The second kappa shape index (κ2) is 5.58. The van der Waals surface area contributed by atoms with Crippen molar-refractivity contribution < 1.29 is 4.79 Å². The molecule has 0 rings (SSSR count). The topological polar surface area (TPSA) is 91.7 Å². The summed E-state index contributed by atoms with van der Waals surface area (Å²) < 4.78 is 0. The van der Waals surface area contributed by atoms with E-state index in [1.807, 2.05) is 27.7 Å². The maximum absolute atomic E-state index is 11.4. The van der Waals surface area contributed by atoms with Gasteiger partial charge in [-0.3, -0.25) is 4.79 Å². The Hall–Kier alpha value is -1.26. The minimum Gasteiger partial charge on any atom is -0.321 e. The van der Waals surface area contributed by atoms with Crippen LogP contribution in [-0.2, 0) is 4.79 Å². The van der Waals surface area contributed by atoms with Gasteiger partial charge in [0.25, 0.3) is 0 Å². The molecule has 0 fully saturated rings. The van der Waals surface area contributed by atoms with Gasteiger partial charge in [0.05, 0.1) is 0 Å². The molecule has 15 heavy (non-hydrogen) atoms. The number of amidine groups is 1. The van der Waals surface area contributed by atoms with Gasteiger partial charge in [0, 0.05) is 17.8 Å². The third-order valence-corrected chi connectivity index (χ3v) is 2.47. The fraction of sp³-hybridized carbons (Fsp3) is 0.800. The number of hydrazone groups is 1. The largest absolute Gasteiger partial charge is 0.321 e. The Morgan fingerprint density at radius 1 is 1.47 bits per heavy atom. The lowest BCUT2D eigenvalue weighted by atomic mass is 9.84. The summed E-state index contributed by atoms with van der Waals surface area (Å²) in [5, 5.41) is 6.72. The molecule has 86 valence electrons. The van der Waals surface area contributed by atoms with E-state index >= 15 is 0 Å². The smallest absolute Gasteiger partial charge is 0.175 e. The first-order valence-corrected chi connectivity index (χ1v) is 5.03. The molecule has 0 heterocycles. The van der Waals surface area contributed by atoms with Crippen molar-refractivity contribution in [3.8, 4) is 0 Å². The quantitative estimate of drug-likeness (QED) is 0.241. The van der Waals surface area contributed by atoms with Crippen molar-refractivity contribution in [2.24, 2.45) is 27.4 Å². The number of carbonyl (C=O) groups excluding carboxylic acids is 1. The Morgan fingerprint density at radius 3 is 2.33 bits per heavy atom. The van der Waals surface area contributed by atoms with E-state index in [0.29, 0.717) is 12.8 Å². The second-order valence-corrected chi connectivity index (χ2v) is 4.57. The zero-order chi connectivity index (χ0) is 12.1. The van der Waals surface area contributed by atoms with Gasteiger partial charge in [-0.1, -0.05) is 27.7 Å². The van der Waals surface area contributed by atoms with Gasteiger partial charge < -0.3 is 5.84 Å². The third kappa shape index (κ3) is 4.18. The van der Waals surface area contributed by atoms with Crippen LogP contribution in [0.1, 0.15) is 40.5 Å². The maximum atomic E-state index is 11.4. The highest BCUT2D eigenvalue weighted by molar-refractivity contribution is 5.88. The summed E-state index contributed by atoms with van der Waals surface area (Å²) in [6, 6.07) is 0. The lowest BCUT2D eigenvalue weighted by Gasteiger charge is -2.22. The number of hydrogen-bond donors (Lipinski definition) is 2. The molecule has 5 nitrogen and oxygen atoms in total. The van der Waals surface area contributed by atoms with Gasteiger partial charge in [0.1, 0.15) is 5.78 Å². The molecule has 0 aliphatic heterocycles. The average molecular weight is 212 g/mol. The van der Waals surface area contributed by atoms with E-state index in [2.05, 4.69) is 10.2 Å². The Balaban J connectivity index is 4.39. The fourth-order valence-corrected chi connectivity index (χ4v) is 1.19. The van der Waals surface area contributed by atoms with Crippen LogP contribution in [0, 0.1) is 16.9 Å². The number of nitrogens with zero attached hydrogens (tertiary/aromatic N) is 2. The molecule has 0 atom stereocenters. The molecule has 0 spiro atoms. The molecule has 0 bridgehead atoms.